The van der Waals surface area contributed by atoms with Gasteiger partial charge in [-0.1, -0.05) is 12.1 Å². The van der Waals surface area contributed by atoms with E-state index >= 15 is 0 Å². The lowest BCUT2D eigenvalue weighted by molar-refractivity contribution is -0.120. The second kappa shape index (κ2) is 9.34. The second-order valence-corrected chi connectivity index (χ2v) is 7.53. The van der Waals surface area contributed by atoms with E-state index in [4.69, 9.17) is 0 Å². The first-order valence-corrected chi connectivity index (χ1v) is 9.63. The first-order valence-electron chi connectivity index (χ1n) is 9.63. The number of hydrogen-bond donors (Lipinski definition) is 3. The summed E-state index contributed by atoms with van der Waals surface area (Å²) in [5, 5.41) is 8.57. The Morgan fingerprint density at radius 2 is 1.45 bits per heavy atom. The number of carbonyl (C=O) groups is 3. The topological polar surface area (TPSA) is 90.5 Å². The highest BCUT2D eigenvalue weighted by Gasteiger charge is 2.23. The van der Waals surface area contributed by atoms with Gasteiger partial charge in [0.25, 0.3) is 5.91 Å². The highest BCUT2D eigenvalue weighted by atomic mass is 16.2. The van der Waals surface area contributed by atoms with Gasteiger partial charge in [-0.15, -0.1) is 0 Å². The molecule has 0 atom stereocenters. The molecule has 7 nitrogen and oxygen atoms in total. The minimum absolute atomic E-state index is 0.0297. The molecule has 29 heavy (non-hydrogen) atoms. The van der Waals surface area contributed by atoms with E-state index in [-0.39, 0.29) is 17.7 Å². The molecule has 0 saturated heterocycles. The summed E-state index contributed by atoms with van der Waals surface area (Å²) in [7, 11) is 3.64. The molecular weight excluding hydrogens is 368 g/mol. The summed E-state index contributed by atoms with van der Waals surface area (Å²) in [4.78, 5) is 37.8. The lowest BCUT2D eigenvalue weighted by Gasteiger charge is -2.11. The van der Waals surface area contributed by atoms with Gasteiger partial charge in [0.2, 0.25) is 11.8 Å². The van der Waals surface area contributed by atoms with Crippen LogP contribution in [-0.2, 0) is 16.0 Å². The van der Waals surface area contributed by atoms with E-state index in [1.165, 1.54) is 0 Å². The second-order valence-electron chi connectivity index (χ2n) is 7.53. The summed E-state index contributed by atoms with van der Waals surface area (Å²) in [6.07, 6.45) is 2.48. The van der Waals surface area contributed by atoms with Crippen LogP contribution in [0.3, 0.4) is 0 Å². The zero-order valence-corrected chi connectivity index (χ0v) is 16.7. The maximum Gasteiger partial charge on any atom is 0.255 e. The van der Waals surface area contributed by atoms with E-state index in [1.807, 2.05) is 26.2 Å². The molecule has 1 aliphatic carbocycles. The van der Waals surface area contributed by atoms with Crippen molar-refractivity contribution in [2.24, 2.45) is 0 Å². The van der Waals surface area contributed by atoms with Gasteiger partial charge in [0.05, 0.1) is 13.0 Å². The molecule has 1 aliphatic rings. The van der Waals surface area contributed by atoms with Gasteiger partial charge in [0, 0.05) is 23.0 Å². The van der Waals surface area contributed by atoms with Crippen LogP contribution in [-0.4, -0.2) is 49.3 Å². The highest BCUT2D eigenvalue weighted by molar-refractivity contribution is 6.04. The molecule has 2 aromatic rings. The molecule has 0 aromatic heterocycles. The summed E-state index contributed by atoms with van der Waals surface area (Å²) >= 11 is 0. The van der Waals surface area contributed by atoms with E-state index in [1.54, 1.807) is 41.3 Å². The first kappa shape index (κ1) is 20.5. The zero-order valence-electron chi connectivity index (χ0n) is 16.7. The minimum atomic E-state index is -0.240. The van der Waals surface area contributed by atoms with Crippen LogP contribution in [0.5, 0.6) is 0 Å². The Morgan fingerprint density at radius 1 is 0.862 bits per heavy atom. The first-order chi connectivity index (χ1) is 13.9. The van der Waals surface area contributed by atoms with Crippen molar-refractivity contribution >= 4 is 29.1 Å². The third-order valence-electron chi connectivity index (χ3n) is 4.41. The average Bonchev–Trinajstić information content (AvgIpc) is 3.47. The maximum absolute atomic E-state index is 12.4. The molecule has 3 amide bonds. The third-order valence-corrected chi connectivity index (χ3v) is 4.41. The monoisotopic (exact) mass is 394 g/mol. The minimum Gasteiger partial charge on any atom is -0.353 e. The molecule has 1 saturated carbocycles. The Bertz CT molecular complexity index is 872. The van der Waals surface area contributed by atoms with Crippen LogP contribution in [0.4, 0.5) is 11.4 Å². The molecular formula is C22H26N4O3. The fraction of sp³-hybridized carbons (Fsp3) is 0.318. The largest absolute Gasteiger partial charge is 0.353 e. The summed E-state index contributed by atoms with van der Waals surface area (Å²) in [6.45, 7) is 0.292. The predicted molar refractivity (Wildman–Crippen MR) is 113 cm³/mol. The van der Waals surface area contributed by atoms with Gasteiger partial charge in [0.15, 0.2) is 0 Å². The number of hydrogen-bond acceptors (Lipinski definition) is 4. The van der Waals surface area contributed by atoms with Gasteiger partial charge < -0.3 is 20.9 Å². The molecule has 152 valence electrons. The molecule has 2 aromatic carbocycles. The molecule has 1 fully saturated rings. The zero-order chi connectivity index (χ0) is 20.8. The molecule has 0 heterocycles. The van der Waals surface area contributed by atoms with Gasteiger partial charge in [-0.25, -0.2) is 0 Å². The van der Waals surface area contributed by atoms with Crippen molar-refractivity contribution in [1.82, 2.24) is 10.2 Å². The average molecular weight is 394 g/mol. The van der Waals surface area contributed by atoms with Crippen molar-refractivity contribution < 1.29 is 14.4 Å². The lowest BCUT2D eigenvalue weighted by atomic mass is 10.1. The van der Waals surface area contributed by atoms with Gasteiger partial charge >= 0.3 is 0 Å². The number of nitrogens with zero attached hydrogens (tertiary/aromatic N) is 1. The summed E-state index contributed by atoms with van der Waals surface area (Å²) in [6, 6.07) is 14.3. The standard InChI is InChI=1S/C22H26N4O3/c1-26(2)14-21(28)24-17-9-5-16(6-10-17)22(29)25-19-7-3-15(4-8-19)13-20(27)23-18-11-12-18/h3-10,18H,11-14H2,1-2H3,(H,23,27)(H,24,28)(H,25,29). The smallest absolute Gasteiger partial charge is 0.255 e. The molecule has 0 spiro atoms. The lowest BCUT2D eigenvalue weighted by Crippen LogP contribution is -2.27. The summed E-state index contributed by atoms with van der Waals surface area (Å²) < 4.78 is 0. The van der Waals surface area contributed by atoms with Crippen LogP contribution >= 0.6 is 0 Å². The van der Waals surface area contributed by atoms with Crippen molar-refractivity contribution in [3.63, 3.8) is 0 Å². The Labute approximate surface area is 170 Å². The van der Waals surface area contributed by atoms with E-state index in [0.29, 0.717) is 35.9 Å². The number of rotatable bonds is 8. The fourth-order valence-corrected chi connectivity index (χ4v) is 2.79. The number of carbonyl (C=O) groups excluding carboxylic acids is 3. The van der Waals surface area contributed by atoms with E-state index < -0.39 is 0 Å². The number of nitrogens with one attached hydrogen (secondary N) is 3. The summed E-state index contributed by atoms with van der Waals surface area (Å²) in [5.74, 6) is -0.324. The molecule has 0 aliphatic heterocycles. The van der Waals surface area contributed by atoms with Gasteiger partial charge in [-0.3, -0.25) is 14.4 Å². The third kappa shape index (κ3) is 6.73. The molecule has 3 N–H and O–H groups in total. The van der Waals surface area contributed by atoms with E-state index in [9.17, 15) is 14.4 Å². The van der Waals surface area contributed by atoms with Gasteiger partial charge in [0.1, 0.15) is 0 Å². The normalized spacial score (nSPS) is 13.1. The Kier molecular flexibility index (Phi) is 6.61. The summed E-state index contributed by atoms with van der Waals surface area (Å²) in [5.41, 5.74) is 2.69. The Balaban J connectivity index is 1.51. The van der Waals surface area contributed by atoms with Crippen molar-refractivity contribution in [1.29, 1.82) is 0 Å². The van der Waals surface area contributed by atoms with Crippen molar-refractivity contribution in [2.75, 3.05) is 31.3 Å². The molecule has 0 unspecified atom stereocenters. The van der Waals surface area contributed by atoms with Crippen LogP contribution in [0.2, 0.25) is 0 Å². The van der Waals surface area contributed by atoms with Gasteiger partial charge in [-0.05, 0) is 68.9 Å². The van der Waals surface area contributed by atoms with Gasteiger partial charge in [-0.2, -0.15) is 0 Å². The number of likely N-dealkylation sites (N-methyl/N-ethyl adjacent to an activating group) is 1. The Hall–Kier alpha value is -3.19. The number of anilines is 2. The maximum atomic E-state index is 12.4. The number of benzene rings is 2. The molecule has 7 heteroatoms. The molecule has 0 radical (unpaired) electrons. The van der Waals surface area contributed by atoms with E-state index in [2.05, 4.69) is 16.0 Å². The van der Waals surface area contributed by atoms with Crippen LogP contribution < -0.4 is 16.0 Å². The molecule has 0 bridgehead atoms. The van der Waals surface area contributed by atoms with E-state index in [0.717, 1.165) is 18.4 Å². The quantitative estimate of drug-likeness (QED) is 0.641. The highest BCUT2D eigenvalue weighted by Crippen LogP contribution is 2.19. The fourth-order valence-electron chi connectivity index (χ4n) is 2.79. The van der Waals surface area contributed by atoms with Crippen LogP contribution in [0, 0.1) is 0 Å². The van der Waals surface area contributed by atoms with Crippen LogP contribution in [0.15, 0.2) is 48.5 Å². The van der Waals surface area contributed by atoms with Crippen LogP contribution in [0.1, 0.15) is 28.8 Å². The van der Waals surface area contributed by atoms with Crippen molar-refractivity contribution in [3.05, 3.63) is 59.7 Å². The van der Waals surface area contributed by atoms with Crippen molar-refractivity contribution in [2.45, 2.75) is 25.3 Å². The molecule has 3 rings (SSSR count). The predicted octanol–water partition coefficient (Wildman–Crippen LogP) is 2.26. The Morgan fingerprint density at radius 3 is 2.03 bits per heavy atom. The van der Waals surface area contributed by atoms with Crippen LogP contribution in [0.25, 0.3) is 0 Å². The number of amides is 3. The SMILES string of the molecule is CN(C)CC(=O)Nc1ccc(C(=O)Nc2ccc(CC(=O)NC3CC3)cc2)cc1. The van der Waals surface area contributed by atoms with Crippen molar-refractivity contribution in [3.8, 4) is 0 Å².